The molecule has 1 aromatic carbocycles. The molecule has 0 N–H and O–H groups in total. The summed E-state index contributed by atoms with van der Waals surface area (Å²) >= 11 is 0. The molecule has 0 bridgehead atoms. The van der Waals surface area contributed by atoms with Crippen LogP contribution in [0.3, 0.4) is 0 Å². The summed E-state index contributed by atoms with van der Waals surface area (Å²) in [6, 6.07) is 14.0. The second-order valence-electron chi connectivity index (χ2n) is 5.35. The van der Waals surface area contributed by atoms with Crippen LogP contribution in [-0.4, -0.2) is 28.9 Å². The van der Waals surface area contributed by atoms with Gasteiger partial charge in [0.05, 0.1) is 6.42 Å². The topological polar surface area (TPSA) is 33.2 Å². The lowest BCUT2D eigenvalue weighted by Crippen LogP contribution is -2.49. The van der Waals surface area contributed by atoms with Crippen molar-refractivity contribution in [1.29, 1.82) is 0 Å². The number of rotatable bonds is 3. The second kappa shape index (κ2) is 5.45. The molecule has 0 aliphatic carbocycles. The molecule has 0 radical (unpaired) electrons. The highest BCUT2D eigenvalue weighted by atomic mass is 16.2. The van der Waals surface area contributed by atoms with Gasteiger partial charge in [0.15, 0.2) is 0 Å². The van der Waals surface area contributed by atoms with Crippen LogP contribution in [0, 0.1) is 6.92 Å². The molecule has 0 spiro atoms. The number of aryl methyl sites for hydroxylation is 1. The second-order valence-corrected chi connectivity index (χ2v) is 5.35. The highest BCUT2D eigenvalue weighted by Gasteiger charge is 2.32. The van der Waals surface area contributed by atoms with Gasteiger partial charge in [-0.3, -0.25) is 9.78 Å². The Balaban J connectivity index is 1.58. The summed E-state index contributed by atoms with van der Waals surface area (Å²) in [4.78, 5) is 18.5. The maximum Gasteiger partial charge on any atom is 0.227 e. The highest BCUT2D eigenvalue weighted by Crippen LogP contribution is 2.26. The van der Waals surface area contributed by atoms with Crippen molar-refractivity contribution in [3.8, 4) is 0 Å². The maximum atomic E-state index is 12.2. The van der Waals surface area contributed by atoms with E-state index in [-0.39, 0.29) is 5.91 Å². The van der Waals surface area contributed by atoms with Gasteiger partial charge in [0.25, 0.3) is 0 Å². The first-order valence-electron chi connectivity index (χ1n) is 6.97. The Bertz CT molecular complexity index is 603. The molecule has 3 rings (SSSR count). The zero-order valence-corrected chi connectivity index (χ0v) is 11.6. The minimum atomic E-state index is 0.214. The van der Waals surface area contributed by atoms with Crippen LogP contribution in [-0.2, 0) is 11.2 Å². The van der Waals surface area contributed by atoms with Gasteiger partial charge in [-0.25, -0.2) is 0 Å². The third-order valence-electron chi connectivity index (χ3n) is 3.94. The summed E-state index contributed by atoms with van der Waals surface area (Å²) in [5.74, 6) is 0.614. The van der Waals surface area contributed by atoms with Crippen LogP contribution in [0.25, 0.3) is 0 Å². The molecule has 3 heteroatoms. The van der Waals surface area contributed by atoms with E-state index in [1.54, 1.807) is 0 Å². The zero-order valence-electron chi connectivity index (χ0n) is 11.6. The largest absolute Gasteiger partial charge is 0.341 e. The van der Waals surface area contributed by atoms with Gasteiger partial charge in [-0.15, -0.1) is 0 Å². The standard InChI is InChI=1S/C17H18N2O/c1-13-6-2-3-7-14(13)10-17(20)19-11-15(12-19)16-8-4-5-9-18-16/h2-9,15H,10-12H2,1H3. The summed E-state index contributed by atoms with van der Waals surface area (Å²) in [6.45, 7) is 3.64. The molecule has 0 saturated carbocycles. The molecule has 1 aliphatic rings. The van der Waals surface area contributed by atoms with Crippen molar-refractivity contribution in [3.63, 3.8) is 0 Å². The number of nitrogens with zero attached hydrogens (tertiary/aromatic N) is 2. The van der Waals surface area contributed by atoms with Crippen molar-refractivity contribution >= 4 is 5.91 Å². The molecular weight excluding hydrogens is 248 g/mol. The molecule has 1 amide bonds. The van der Waals surface area contributed by atoms with Crippen LogP contribution >= 0.6 is 0 Å². The van der Waals surface area contributed by atoms with Gasteiger partial charge in [-0.1, -0.05) is 30.3 Å². The average Bonchev–Trinajstić information content (AvgIpc) is 2.41. The minimum absolute atomic E-state index is 0.214. The number of hydrogen-bond donors (Lipinski definition) is 0. The van der Waals surface area contributed by atoms with Crippen LogP contribution in [0.4, 0.5) is 0 Å². The van der Waals surface area contributed by atoms with E-state index in [2.05, 4.69) is 18.0 Å². The third kappa shape index (κ3) is 2.57. The lowest BCUT2D eigenvalue weighted by atomic mass is 9.94. The van der Waals surface area contributed by atoms with Gasteiger partial charge in [-0.2, -0.15) is 0 Å². The predicted octanol–water partition coefficient (Wildman–Crippen LogP) is 2.56. The summed E-state index contributed by atoms with van der Waals surface area (Å²) < 4.78 is 0. The molecule has 0 atom stereocenters. The molecule has 1 aromatic heterocycles. The maximum absolute atomic E-state index is 12.2. The fourth-order valence-electron chi connectivity index (χ4n) is 2.57. The molecule has 0 unspecified atom stereocenters. The Hall–Kier alpha value is -2.16. The number of pyridine rings is 1. The number of benzene rings is 1. The molecule has 1 fully saturated rings. The first-order chi connectivity index (χ1) is 9.74. The van der Waals surface area contributed by atoms with Crippen LogP contribution in [0.1, 0.15) is 22.7 Å². The fourth-order valence-corrected chi connectivity index (χ4v) is 2.57. The van der Waals surface area contributed by atoms with Crippen LogP contribution in [0.2, 0.25) is 0 Å². The zero-order chi connectivity index (χ0) is 13.9. The van der Waals surface area contributed by atoms with Crippen LogP contribution in [0.5, 0.6) is 0 Å². The molecule has 20 heavy (non-hydrogen) atoms. The quantitative estimate of drug-likeness (QED) is 0.855. The van der Waals surface area contributed by atoms with Gasteiger partial charge in [0, 0.05) is 30.9 Å². The predicted molar refractivity (Wildman–Crippen MR) is 78.4 cm³/mol. The SMILES string of the molecule is Cc1ccccc1CC(=O)N1CC(c2ccccn2)C1. The lowest BCUT2D eigenvalue weighted by molar-refractivity contribution is -0.134. The Kier molecular flexibility index (Phi) is 3.50. The first kappa shape index (κ1) is 12.9. The molecule has 2 heterocycles. The number of carbonyl (C=O) groups excluding carboxylic acids is 1. The summed E-state index contributed by atoms with van der Waals surface area (Å²) in [5, 5.41) is 0. The molecule has 1 aliphatic heterocycles. The van der Waals surface area contributed by atoms with Gasteiger partial charge in [0.1, 0.15) is 0 Å². The third-order valence-corrected chi connectivity index (χ3v) is 3.94. The van der Waals surface area contributed by atoms with E-state index in [1.165, 1.54) is 5.56 Å². The Labute approximate surface area is 119 Å². The van der Waals surface area contributed by atoms with Gasteiger partial charge < -0.3 is 4.90 Å². The van der Waals surface area contributed by atoms with E-state index in [0.29, 0.717) is 12.3 Å². The number of likely N-dealkylation sites (tertiary alicyclic amines) is 1. The Morgan fingerprint density at radius 3 is 2.65 bits per heavy atom. The number of hydrogen-bond acceptors (Lipinski definition) is 2. The van der Waals surface area contributed by atoms with Gasteiger partial charge in [-0.05, 0) is 30.2 Å². The van der Waals surface area contributed by atoms with Crippen LogP contribution in [0.15, 0.2) is 48.7 Å². The molecular formula is C17H18N2O. The average molecular weight is 266 g/mol. The minimum Gasteiger partial charge on any atom is -0.341 e. The smallest absolute Gasteiger partial charge is 0.227 e. The van der Waals surface area contributed by atoms with E-state index < -0.39 is 0 Å². The highest BCUT2D eigenvalue weighted by molar-refractivity contribution is 5.80. The molecule has 3 nitrogen and oxygen atoms in total. The van der Waals surface area contributed by atoms with Gasteiger partial charge >= 0.3 is 0 Å². The Morgan fingerprint density at radius 2 is 1.95 bits per heavy atom. The van der Waals surface area contributed by atoms with Crippen LogP contribution < -0.4 is 0 Å². The fraction of sp³-hybridized carbons (Fsp3) is 0.294. The van der Waals surface area contributed by atoms with Crippen molar-refractivity contribution in [2.24, 2.45) is 0 Å². The molecule has 2 aromatic rings. The summed E-state index contributed by atoms with van der Waals surface area (Å²) in [7, 11) is 0. The van der Waals surface area contributed by atoms with E-state index in [1.807, 2.05) is 47.5 Å². The van der Waals surface area contributed by atoms with Crippen molar-refractivity contribution in [3.05, 3.63) is 65.5 Å². The van der Waals surface area contributed by atoms with Crippen molar-refractivity contribution in [1.82, 2.24) is 9.88 Å². The first-order valence-corrected chi connectivity index (χ1v) is 6.97. The number of carbonyl (C=O) groups is 1. The van der Waals surface area contributed by atoms with Crippen molar-refractivity contribution in [2.75, 3.05) is 13.1 Å². The Morgan fingerprint density at radius 1 is 1.20 bits per heavy atom. The van der Waals surface area contributed by atoms with Crippen molar-refractivity contribution < 1.29 is 4.79 Å². The molecule has 102 valence electrons. The van der Waals surface area contributed by atoms with Crippen molar-refractivity contribution in [2.45, 2.75) is 19.3 Å². The molecule has 1 saturated heterocycles. The summed E-state index contributed by atoms with van der Waals surface area (Å²) in [6.07, 6.45) is 2.31. The van der Waals surface area contributed by atoms with E-state index in [0.717, 1.165) is 24.3 Å². The number of amides is 1. The lowest BCUT2D eigenvalue weighted by Gasteiger charge is -2.39. The normalized spacial score (nSPS) is 14.9. The van der Waals surface area contributed by atoms with E-state index in [4.69, 9.17) is 0 Å². The summed E-state index contributed by atoms with van der Waals surface area (Å²) in [5.41, 5.74) is 3.40. The number of aromatic nitrogens is 1. The van der Waals surface area contributed by atoms with E-state index in [9.17, 15) is 4.79 Å². The van der Waals surface area contributed by atoms with Gasteiger partial charge in [0.2, 0.25) is 5.91 Å². The van der Waals surface area contributed by atoms with E-state index >= 15 is 0 Å². The monoisotopic (exact) mass is 266 g/mol.